The molecule has 0 atom stereocenters. The normalized spacial score (nSPS) is 14.0. The number of ketones is 2. The zero-order chi connectivity index (χ0) is 17.1. The topological polar surface area (TPSA) is 124 Å². The van der Waals surface area contributed by atoms with Gasteiger partial charge < -0.3 is 10.6 Å². The Hall–Kier alpha value is -3.12. The summed E-state index contributed by atoms with van der Waals surface area (Å²) in [5.41, 5.74) is 1.27. The number of allylic oxidation sites excluding steroid dienone is 1. The second-order valence-corrected chi connectivity index (χ2v) is 5.78. The first kappa shape index (κ1) is 15.8. The van der Waals surface area contributed by atoms with Crippen molar-refractivity contribution in [1.29, 1.82) is 5.26 Å². The summed E-state index contributed by atoms with van der Waals surface area (Å²) in [6, 6.07) is 8.84. The van der Waals surface area contributed by atoms with Crippen LogP contribution in [0.4, 0.5) is 0 Å². The first-order valence-corrected chi connectivity index (χ1v) is 7.81. The van der Waals surface area contributed by atoms with Crippen LogP contribution in [-0.2, 0) is 14.3 Å². The minimum atomic E-state index is -0.565. The van der Waals surface area contributed by atoms with Gasteiger partial charge in [0.05, 0.1) is 17.4 Å². The number of nitrogens with zero attached hydrogens (tertiary/aromatic N) is 4. The minimum absolute atomic E-state index is 0.239. The lowest BCUT2D eigenvalue weighted by molar-refractivity contribution is -0.137. The largest absolute Gasteiger partial charge is 0.489 e. The van der Waals surface area contributed by atoms with Crippen molar-refractivity contribution in [3.05, 3.63) is 41.7 Å². The van der Waals surface area contributed by atoms with E-state index >= 15 is 0 Å². The number of carbonyl (C=O) groups is 2. The highest BCUT2D eigenvalue weighted by Gasteiger charge is 2.21. The van der Waals surface area contributed by atoms with E-state index in [1.807, 2.05) is 6.07 Å². The van der Waals surface area contributed by atoms with Gasteiger partial charge in [-0.3, -0.25) is 9.59 Å². The highest BCUT2D eigenvalue weighted by atomic mass is 32.2. The molecule has 0 saturated heterocycles. The summed E-state index contributed by atoms with van der Waals surface area (Å²) in [4.78, 5) is 22.4. The Labute approximate surface area is 140 Å². The van der Waals surface area contributed by atoms with Crippen LogP contribution >= 0.6 is 11.8 Å². The molecule has 0 saturated carbocycles. The molecule has 2 aromatic rings. The van der Waals surface area contributed by atoms with Crippen molar-refractivity contribution in [2.45, 2.75) is 5.16 Å². The van der Waals surface area contributed by atoms with E-state index in [4.69, 9.17) is 15.8 Å². The quantitative estimate of drug-likeness (QED) is 0.489. The van der Waals surface area contributed by atoms with Crippen LogP contribution in [0.25, 0.3) is 11.4 Å². The van der Waals surface area contributed by atoms with Crippen LogP contribution in [-0.4, -0.2) is 38.8 Å². The number of aromatic nitrogens is 3. The summed E-state index contributed by atoms with van der Waals surface area (Å²) >= 11 is 1.24. The number of ether oxygens (including phenoxy) is 1. The van der Waals surface area contributed by atoms with Gasteiger partial charge in [0.2, 0.25) is 16.7 Å². The number of hydrogen-bond acceptors (Lipinski definition) is 8. The van der Waals surface area contributed by atoms with Crippen molar-refractivity contribution < 1.29 is 14.3 Å². The Morgan fingerprint density at radius 1 is 1.29 bits per heavy atom. The maximum atomic E-state index is 11.3. The van der Waals surface area contributed by atoms with E-state index < -0.39 is 11.6 Å². The third-order valence-corrected chi connectivity index (χ3v) is 4.20. The lowest BCUT2D eigenvalue weighted by atomic mass is 10.1. The molecule has 0 unspecified atom stereocenters. The average molecular weight is 341 g/mol. The maximum absolute atomic E-state index is 11.3. The number of benzene rings is 1. The Morgan fingerprint density at radius 2 is 2.04 bits per heavy atom. The number of Topliss-reactive ketones (excluding diaryl/α,β-unsaturated/α-hetero) is 1. The fourth-order valence-corrected chi connectivity index (χ4v) is 2.75. The lowest BCUT2D eigenvalue weighted by Crippen LogP contribution is -2.23. The van der Waals surface area contributed by atoms with Crippen molar-refractivity contribution in [3.8, 4) is 17.5 Å². The van der Waals surface area contributed by atoms with Gasteiger partial charge in [-0.05, 0) is 24.3 Å². The molecule has 1 aliphatic heterocycles. The van der Waals surface area contributed by atoms with Crippen LogP contribution in [0.15, 0.2) is 41.3 Å². The van der Waals surface area contributed by atoms with Gasteiger partial charge in [-0.15, -0.1) is 10.2 Å². The van der Waals surface area contributed by atoms with E-state index in [1.54, 1.807) is 24.3 Å². The summed E-state index contributed by atoms with van der Waals surface area (Å²) in [5.74, 6) is 6.02. The fourth-order valence-electron chi connectivity index (χ4n) is 1.98. The molecule has 0 radical (unpaired) electrons. The van der Waals surface area contributed by atoms with E-state index in [2.05, 4.69) is 10.2 Å². The maximum Gasteiger partial charge on any atom is 0.240 e. The fraction of sp³-hybridized carbons (Fsp3) is 0.133. The smallest absolute Gasteiger partial charge is 0.240 e. The molecule has 9 heteroatoms. The lowest BCUT2D eigenvalue weighted by Gasteiger charge is -2.12. The minimum Gasteiger partial charge on any atom is -0.489 e. The molecular weight excluding hydrogens is 330 g/mol. The number of carbonyl (C=O) groups excluding carboxylic acids is 2. The van der Waals surface area contributed by atoms with Gasteiger partial charge >= 0.3 is 0 Å². The van der Waals surface area contributed by atoms with Crippen molar-refractivity contribution in [2.75, 3.05) is 18.2 Å². The molecule has 2 heterocycles. The molecular formula is C15H11N5O3S. The summed E-state index contributed by atoms with van der Waals surface area (Å²) in [6.07, 6.45) is 1.18. The van der Waals surface area contributed by atoms with E-state index in [0.717, 1.165) is 5.56 Å². The number of rotatable bonds is 4. The molecule has 120 valence electrons. The van der Waals surface area contributed by atoms with Crippen molar-refractivity contribution in [2.24, 2.45) is 0 Å². The van der Waals surface area contributed by atoms with Gasteiger partial charge in [0.15, 0.2) is 12.4 Å². The Bertz CT molecular complexity index is 880. The number of nitriles is 1. The monoisotopic (exact) mass is 341 g/mol. The Balaban J connectivity index is 1.73. The predicted molar refractivity (Wildman–Crippen MR) is 85.1 cm³/mol. The van der Waals surface area contributed by atoms with Crippen molar-refractivity contribution in [3.63, 3.8) is 0 Å². The second kappa shape index (κ2) is 6.55. The molecule has 0 aliphatic carbocycles. The SMILES string of the molecule is N#Cc1ccc(-c2nnc(SCC3=CC(=O)C(=O)CO3)n2N)cc1. The summed E-state index contributed by atoms with van der Waals surface area (Å²) in [7, 11) is 0. The molecule has 24 heavy (non-hydrogen) atoms. The highest BCUT2D eigenvalue weighted by molar-refractivity contribution is 7.99. The standard InChI is InChI=1S/C15H11N5O3S/c16-6-9-1-3-10(4-2-9)14-18-19-15(20(14)17)24-8-11-5-12(21)13(22)7-23-11/h1-5H,7-8,17H2. The van der Waals surface area contributed by atoms with Crippen LogP contribution < -0.4 is 5.84 Å². The van der Waals surface area contributed by atoms with Crippen molar-refractivity contribution >= 4 is 23.3 Å². The van der Waals surface area contributed by atoms with E-state index in [9.17, 15) is 9.59 Å². The molecule has 0 spiro atoms. The molecule has 0 amide bonds. The zero-order valence-corrected chi connectivity index (χ0v) is 13.1. The van der Waals surface area contributed by atoms with Gasteiger partial charge in [-0.2, -0.15) is 5.26 Å². The van der Waals surface area contributed by atoms with Gasteiger partial charge in [0, 0.05) is 11.6 Å². The van der Waals surface area contributed by atoms with Gasteiger partial charge in [0.25, 0.3) is 0 Å². The first-order chi connectivity index (χ1) is 11.6. The number of thioether (sulfide) groups is 1. The summed E-state index contributed by atoms with van der Waals surface area (Å²) in [5, 5.41) is 17.3. The second-order valence-electron chi connectivity index (χ2n) is 4.84. The summed E-state index contributed by atoms with van der Waals surface area (Å²) < 4.78 is 6.50. The average Bonchev–Trinajstić information content (AvgIpc) is 2.97. The molecule has 1 aliphatic rings. The Morgan fingerprint density at radius 3 is 2.71 bits per heavy atom. The van der Waals surface area contributed by atoms with Crippen LogP contribution in [0.5, 0.6) is 0 Å². The number of nitrogen functional groups attached to an aromatic ring is 1. The van der Waals surface area contributed by atoms with Gasteiger partial charge in [-0.25, -0.2) is 4.68 Å². The number of hydrogen-bond donors (Lipinski definition) is 1. The third kappa shape index (κ3) is 3.13. The predicted octanol–water partition coefficient (Wildman–Crippen LogP) is 0.675. The first-order valence-electron chi connectivity index (χ1n) is 6.83. The molecule has 2 N–H and O–H groups in total. The molecule has 3 rings (SSSR count). The number of nitrogens with two attached hydrogens (primary N) is 1. The van der Waals surface area contributed by atoms with Gasteiger partial charge in [0.1, 0.15) is 5.76 Å². The molecule has 0 bridgehead atoms. The van der Waals surface area contributed by atoms with Crippen LogP contribution in [0, 0.1) is 11.3 Å². The van der Waals surface area contributed by atoms with Gasteiger partial charge in [-0.1, -0.05) is 11.8 Å². The highest BCUT2D eigenvalue weighted by Crippen LogP contribution is 2.24. The van der Waals surface area contributed by atoms with Crippen LogP contribution in [0.2, 0.25) is 0 Å². The van der Waals surface area contributed by atoms with Crippen molar-refractivity contribution in [1.82, 2.24) is 14.9 Å². The van der Waals surface area contributed by atoms with Crippen LogP contribution in [0.3, 0.4) is 0 Å². The zero-order valence-electron chi connectivity index (χ0n) is 12.3. The van der Waals surface area contributed by atoms with E-state index in [0.29, 0.717) is 28.1 Å². The van der Waals surface area contributed by atoms with Crippen LogP contribution in [0.1, 0.15) is 5.56 Å². The third-order valence-electron chi connectivity index (χ3n) is 3.24. The molecule has 1 aromatic heterocycles. The summed E-state index contributed by atoms with van der Waals surface area (Å²) in [6.45, 7) is -0.239. The molecule has 8 nitrogen and oxygen atoms in total. The van der Waals surface area contributed by atoms with E-state index in [-0.39, 0.29) is 6.61 Å². The molecule has 0 fully saturated rings. The Kier molecular flexibility index (Phi) is 4.31. The molecule has 1 aromatic carbocycles. The van der Waals surface area contributed by atoms with E-state index in [1.165, 1.54) is 22.5 Å².